The number of hydrogen-bond acceptors (Lipinski definition) is 8. The Labute approximate surface area is 232 Å². The number of alkyl carbamates (subject to hydrolysis) is 1. The van der Waals surface area contributed by atoms with E-state index in [1.807, 2.05) is 67.2 Å². The van der Waals surface area contributed by atoms with Crippen molar-refractivity contribution in [2.75, 3.05) is 18.8 Å². The van der Waals surface area contributed by atoms with Crippen molar-refractivity contribution in [3.05, 3.63) is 12.4 Å². The van der Waals surface area contributed by atoms with Gasteiger partial charge in [0.25, 0.3) is 0 Å². The molecule has 2 saturated heterocycles. The molecule has 38 heavy (non-hydrogen) atoms. The highest BCUT2D eigenvalue weighted by Crippen LogP contribution is 2.36. The third-order valence-electron chi connectivity index (χ3n) is 7.37. The lowest BCUT2D eigenvalue weighted by atomic mass is 9.81. The summed E-state index contributed by atoms with van der Waals surface area (Å²) in [6.45, 7) is 18.8. The number of ether oxygens (including phenoxy) is 1. The van der Waals surface area contributed by atoms with Crippen LogP contribution in [0.1, 0.15) is 81.6 Å². The fraction of sp³-hybridized carbons (Fsp3) is 0.778. The third kappa shape index (κ3) is 8.08. The first kappa shape index (κ1) is 30.7. The van der Waals surface area contributed by atoms with Crippen LogP contribution in [0.3, 0.4) is 0 Å². The van der Waals surface area contributed by atoms with Gasteiger partial charge in [0.1, 0.15) is 11.6 Å². The van der Waals surface area contributed by atoms with Crippen molar-refractivity contribution in [1.29, 1.82) is 0 Å². The van der Waals surface area contributed by atoms with E-state index in [9.17, 15) is 9.59 Å². The number of hydrogen-bond donors (Lipinski definition) is 1. The maximum Gasteiger partial charge on any atom is 0.498 e. The Morgan fingerprint density at radius 2 is 1.79 bits per heavy atom. The molecule has 1 aromatic heterocycles. The summed E-state index contributed by atoms with van der Waals surface area (Å²) in [7, 11) is -0.468. The first-order chi connectivity index (χ1) is 17.6. The molecule has 2 aliphatic heterocycles. The molecule has 3 rings (SSSR count). The number of carbonyl (C=O) groups is 2. The number of thioether (sulfide) groups is 1. The number of rotatable bonds is 8. The lowest BCUT2D eigenvalue weighted by molar-refractivity contribution is -0.136. The lowest BCUT2D eigenvalue weighted by Gasteiger charge is -2.36. The van der Waals surface area contributed by atoms with Gasteiger partial charge in [0.05, 0.1) is 11.2 Å². The van der Waals surface area contributed by atoms with Gasteiger partial charge >= 0.3 is 13.2 Å². The van der Waals surface area contributed by atoms with Gasteiger partial charge in [-0.3, -0.25) is 4.79 Å². The van der Waals surface area contributed by atoms with Crippen molar-refractivity contribution in [3.8, 4) is 0 Å². The van der Waals surface area contributed by atoms with Crippen LogP contribution >= 0.6 is 11.8 Å². The van der Waals surface area contributed by atoms with E-state index in [0.29, 0.717) is 19.0 Å². The van der Waals surface area contributed by atoms with Crippen LogP contribution in [0.15, 0.2) is 17.6 Å². The SMILES string of the molecule is CC(C)C(NC(=O)OC(C)(C)C)C(=O)N1CCCC(CCSc2ncc(B3OC(C)(C)C(C)(C)O3)cn2)C1. The molecule has 0 aromatic carbocycles. The summed E-state index contributed by atoms with van der Waals surface area (Å²) in [6, 6.07) is -0.603. The van der Waals surface area contributed by atoms with Gasteiger partial charge in [0, 0.05) is 36.7 Å². The van der Waals surface area contributed by atoms with Crippen molar-refractivity contribution >= 4 is 36.3 Å². The number of nitrogens with zero attached hydrogens (tertiary/aromatic N) is 3. The average Bonchev–Trinajstić information content (AvgIpc) is 3.03. The fourth-order valence-corrected chi connectivity index (χ4v) is 5.35. The van der Waals surface area contributed by atoms with Crippen LogP contribution in [-0.4, -0.2) is 75.7 Å². The predicted octanol–water partition coefficient (Wildman–Crippen LogP) is 4.05. The van der Waals surface area contributed by atoms with E-state index in [1.165, 1.54) is 0 Å². The Bertz CT molecular complexity index is 951. The topological polar surface area (TPSA) is 103 Å². The van der Waals surface area contributed by atoms with Gasteiger partial charge in [-0.25, -0.2) is 14.8 Å². The Kier molecular flexibility index (Phi) is 9.79. The zero-order valence-electron chi connectivity index (χ0n) is 24.5. The van der Waals surface area contributed by atoms with Crippen LogP contribution < -0.4 is 10.8 Å². The van der Waals surface area contributed by atoms with E-state index in [-0.39, 0.29) is 11.8 Å². The van der Waals surface area contributed by atoms with Crippen molar-refractivity contribution in [3.63, 3.8) is 0 Å². The van der Waals surface area contributed by atoms with Crippen molar-refractivity contribution in [2.45, 2.75) is 110 Å². The summed E-state index contributed by atoms with van der Waals surface area (Å²) >= 11 is 1.62. The number of nitrogens with one attached hydrogen (secondary N) is 1. The second kappa shape index (κ2) is 12.1. The molecule has 9 nitrogen and oxygen atoms in total. The smallest absolute Gasteiger partial charge is 0.444 e. The number of aromatic nitrogens is 2. The summed E-state index contributed by atoms with van der Waals surface area (Å²) in [5.74, 6) is 1.19. The van der Waals surface area contributed by atoms with Crippen molar-refractivity contribution in [1.82, 2.24) is 20.2 Å². The van der Waals surface area contributed by atoms with Gasteiger partial charge < -0.3 is 24.3 Å². The van der Waals surface area contributed by atoms with Crippen LogP contribution in [0.25, 0.3) is 0 Å². The second-order valence-electron chi connectivity index (χ2n) is 12.7. The summed E-state index contributed by atoms with van der Waals surface area (Å²) in [5, 5.41) is 3.51. The Morgan fingerprint density at radius 1 is 1.18 bits per heavy atom. The number of amides is 2. The zero-order chi connectivity index (χ0) is 28.3. The van der Waals surface area contributed by atoms with Crippen LogP contribution in [0.5, 0.6) is 0 Å². The Balaban J connectivity index is 1.48. The molecule has 2 unspecified atom stereocenters. The highest BCUT2D eigenvalue weighted by molar-refractivity contribution is 7.99. The molecule has 11 heteroatoms. The molecule has 2 aliphatic rings. The van der Waals surface area contributed by atoms with Gasteiger partial charge in [-0.1, -0.05) is 25.6 Å². The van der Waals surface area contributed by atoms with Crippen molar-refractivity contribution < 1.29 is 23.6 Å². The fourth-order valence-electron chi connectivity index (χ4n) is 4.46. The zero-order valence-corrected chi connectivity index (χ0v) is 25.3. The molecule has 0 radical (unpaired) electrons. The number of carbonyl (C=O) groups excluding carboxylic acids is 2. The van der Waals surface area contributed by atoms with E-state index in [2.05, 4.69) is 15.3 Å². The number of piperidine rings is 1. The highest BCUT2D eigenvalue weighted by Gasteiger charge is 2.52. The summed E-state index contributed by atoms with van der Waals surface area (Å²) < 4.78 is 17.5. The molecule has 0 aliphatic carbocycles. The van der Waals surface area contributed by atoms with Gasteiger partial charge in [0.15, 0.2) is 5.16 Å². The molecule has 1 N–H and O–H groups in total. The Hall–Kier alpha value is -1.85. The first-order valence-electron chi connectivity index (χ1n) is 13.7. The third-order valence-corrected chi connectivity index (χ3v) is 8.28. The molecule has 0 saturated carbocycles. The maximum absolute atomic E-state index is 13.3. The second-order valence-corrected chi connectivity index (χ2v) is 13.7. The number of likely N-dealkylation sites (tertiary alicyclic amines) is 1. The van der Waals surface area contributed by atoms with Gasteiger partial charge in [-0.15, -0.1) is 0 Å². The minimum absolute atomic E-state index is 0.0372. The summed E-state index contributed by atoms with van der Waals surface area (Å²) in [4.78, 5) is 36.6. The van der Waals surface area contributed by atoms with Crippen LogP contribution in [0.2, 0.25) is 0 Å². The minimum Gasteiger partial charge on any atom is -0.444 e. The average molecular weight is 549 g/mol. The molecule has 0 bridgehead atoms. The van der Waals surface area contributed by atoms with Gasteiger partial charge in [0.2, 0.25) is 5.91 Å². The Morgan fingerprint density at radius 3 is 2.34 bits per heavy atom. The van der Waals surface area contributed by atoms with E-state index >= 15 is 0 Å². The molecular formula is C27H45BN4O5S. The van der Waals surface area contributed by atoms with Gasteiger partial charge in [-0.2, -0.15) is 0 Å². The van der Waals surface area contributed by atoms with E-state index in [0.717, 1.165) is 35.6 Å². The monoisotopic (exact) mass is 548 g/mol. The minimum atomic E-state index is -0.613. The molecule has 3 heterocycles. The molecular weight excluding hydrogens is 503 g/mol. The summed E-state index contributed by atoms with van der Waals surface area (Å²) in [6.07, 6.45) is 6.00. The van der Waals surface area contributed by atoms with Gasteiger partial charge in [-0.05, 0) is 79.6 Å². The molecule has 2 fully saturated rings. The van der Waals surface area contributed by atoms with E-state index in [1.54, 1.807) is 24.2 Å². The molecule has 2 amide bonds. The molecule has 1 aromatic rings. The largest absolute Gasteiger partial charge is 0.498 e. The van der Waals surface area contributed by atoms with Crippen LogP contribution in [-0.2, 0) is 18.8 Å². The first-order valence-corrected chi connectivity index (χ1v) is 14.7. The molecule has 212 valence electrons. The quantitative estimate of drug-likeness (QED) is 0.295. The maximum atomic E-state index is 13.3. The standard InChI is InChI=1S/C27H45BN4O5S/c1-18(2)21(31-24(34)35-25(3,4)5)22(33)32-13-10-11-19(17-32)12-14-38-23-29-15-20(16-30-23)28-36-26(6,7)27(8,9)37-28/h15-16,18-19,21H,10-14,17H2,1-9H3,(H,31,34). The highest BCUT2D eigenvalue weighted by atomic mass is 32.2. The lowest BCUT2D eigenvalue weighted by Crippen LogP contribution is -2.54. The van der Waals surface area contributed by atoms with Crippen LogP contribution in [0, 0.1) is 11.8 Å². The normalized spacial score (nSPS) is 21.9. The van der Waals surface area contributed by atoms with Crippen LogP contribution in [0.4, 0.5) is 4.79 Å². The van der Waals surface area contributed by atoms with E-state index < -0.39 is 36.1 Å². The summed E-state index contributed by atoms with van der Waals surface area (Å²) in [5.41, 5.74) is -0.602. The van der Waals surface area contributed by atoms with Crippen molar-refractivity contribution in [2.24, 2.45) is 11.8 Å². The van der Waals surface area contributed by atoms with E-state index in [4.69, 9.17) is 14.0 Å². The predicted molar refractivity (Wildman–Crippen MR) is 150 cm³/mol. The molecule has 0 spiro atoms. The molecule has 2 atom stereocenters.